The largest absolute Gasteiger partial charge is 0.323 e. The zero-order valence-corrected chi connectivity index (χ0v) is 15.0. The summed E-state index contributed by atoms with van der Waals surface area (Å²) in [5.41, 5.74) is 3.15. The average Bonchev–Trinajstić information content (AvgIpc) is 2.57. The number of hydrogen-bond acceptors (Lipinski definition) is 3. The predicted molar refractivity (Wildman–Crippen MR) is 99.6 cm³/mol. The molecule has 0 aliphatic carbocycles. The fraction of sp³-hybridized carbons (Fsp3) is 0.278. The molecule has 1 aliphatic heterocycles. The van der Waals surface area contributed by atoms with Gasteiger partial charge in [0, 0.05) is 11.4 Å². The van der Waals surface area contributed by atoms with Gasteiger partial charge >= 0.3 is 0 Å². The van der Waals surface area contributed by atoms with Gasteiger partial charge in [-0.15, -0.1) is 24.2 Å². The van der Waals surface area contributed by atoms with Crippen molar-refractivity contribution in [1.29, 1.82) is 0 Å². The molecule has 24 heavy (non-hydrogen) atoms. The van der Waals surface area contributed by atoms with E-state index in [4.69, 9.17) is 0 Å². The van der Waals surface area contributed by atoms with E-state index in [1.165, 1.54) is 17.3 Å². The Morgan fingerprint density at radius 3 is 2.75 bits per heavy atom. The second-order valence-electron chi connectivity index (χ2n) is 5.64. The first kappa shape index (κ1) is 18.8. The number of anilines is 1. The first-order valence-electron chi connectivity index (χ1n) is 7.64. The smallest absolute Gasteiger partial charge is 0.234 e. The van der Waals surface area contributed by atoms with E-state index >= 15 is 0 Å². The summed E-state index contributed by atoms with van der Waals surface area (Å²) >= 11 is 1.45. The minimum atomic E-state index is -0.294. The van der Waals surface area contributed by atoms with Crippen molar-refractivity contribution in [3.05, 3.63) is 58.9 Å². The highest BCUT2D eigenvalue weighted by Crippen LogP contribution is 2.25. The molecule has 0 aromatic heterocycles. The lowest BCUT2D eigenvalue weighted by molar-refractivity contribution is -0.113. The van der Waals surface area contributed by atoms with Gasteiger partial charge in [-0.2, -0.15) is 0 Å². The zero-order valence-electron chi connectivity index (χ0n) is 13.4. The van der Waals surface area contributed by atoms with E-state index < -0.39 is 0 Å². The second-order valence-corrected chi connectivity index (χ2v) is 6.69. The minimum Gasteiger partial charge on any atom is -0.323 e. The SMILES string of the molecule is Cc1ccc(SCC(=O)Nc2ccc3c(c2F)CCNC3)cc1.Cl. The molecule has 0 atom stereocenters. The zero-order chi connectivity index (χ0) is 16.2. The molecule has 2 N–H and O–H groups in total. The lowest BCUT2D eigenvalue weighted by Gasteiger charge is -2.19. The predicted octanol–water partition coefficient (Wildman–Crippen LogP) is 3.93. The number of rotatable bonds is 4. The van der Waals surface area contributed by atoms with Crippen LogP contribution in [0.2, 0.25) is 0 Å². The van der Waals surface area contributed by atoms with E-state index in [1.54, 1.807) is 6.07 Å². The molecule has 1 heterocycles. The van der Waals surface area contributed by atoms with Crippen LogP contribution in [-0.2, 0) is 17.8 Å². The van der Waals surface area contributed by atoms with Crippen molar-refractivity contribution < 1.29 is 9.18 Å². The Hall–Kier alpha value is -1.56. The van der Waals surface area contributed by atoms with Crippen LogP contribution in [0.3, 0.4) is 0 Å². The van der Waals surface area contributed by atoms with Gasteiger partial charge in [0.05, 0.1) is 11.4 Å². The van der Waals surface area contributed by atoms with E-state index in [0.717, 1.165) is 17.0 Å². The summed E-state index contributed by atoms with van der Waals surface area (Å²) in [5.74, 6) is -0.220. The molecule has 1 aliphatic rings. The van der Waals surface area contributed by atoms with Crippen LogP contribution in [0.5, 0.6) is 0 Å². The molecule has 3 nitrogen and oxygen atoms in total. The molecule has 2 aromatic rings. The molecule has 0 radical (unpaired) electrons. The van der Waals surface area contributed by atoms with Crippen LogP contribution in [0.25, 0.3) is 0 Å². The minimum absolute atomic E-state index is 0. The average molecular weight is 367 g/mol. The van der Waals surface area contributed by atoms with E-state index in [2.05, 4.69) is 10.6 Å². The number of halogens is 2. The molecule has 6 heteroatoms. The van der Waals surface area contributed by atoms with Crippen molar-refractivity contribution >= 4 is 35.8 Å². The molecular formula is C18H20ClFN2OS. The first-order chi connectivity index (χ1) is 11.1. The lowest BCUT2D eigenvalue weighted by atomic mass is 9.99. The maximum atomic E-state index is 14.5. The molecule has 3 rings (SSSR count). The quantitative estimate of drug-likeness (QED) is 0.805. The summed E-state index contributed by atoms with van der Waals surface area (Å²) in [5, 5.41) is 5.90. The molecule has 0 fully saturated rings. The molecule has 0 saturated heterocycles. The van der Waals surface area contributed by atoms with Crippen molar-refractivity contribution in [1.82, 2.24) is 5.32 Å². The number of amides is 1. The highest BCUT2D eigenvalue weighted by Gasteiger charge is 2.17. The number of carbonyl (C=O) groups is 1. The summed E-state index contributed by atoms with van der Waals surface area (Å²) in [6, 6.07) is 11.5. The maximum Gasteiger partial charge on any atom is 0.234 e. The summed E-state index contributed by atoms with van der Waals surface area (Å²) in [4.78, 5) is 13.1. The molecule has 0 spiro atoms. The van der Waals surface area contributed by atoms with Crippen LogP contribution >= 0.6 is 24.2 Å². The number of aryl methyl sites for hydroxylation is 1. The van der Waals surface area contributed by atoms with Gasteiger partial charge in [0.1, 0.15) is 5.82 Å². The first-order valence-corrected chi connectivity index (χ1v) is 8.62. The monoisotopic (exact) mass is 366 g/mol. The van der Waals surface area contributed by atoms with Crippen LogP contribution in [0.15, 0.2) is 41.3 Å². The van der Waals surface area contributed by atoms with Crippen molar-refractivity contribution in [3.63, 3.8) is 0 Å². The Bertz CT molecular complexity index is 722. The van der Waals surface area contributed by atoms with Gasteiger partial charge in [-0.1, -0.05) is 23.8 Å². The van der Waals surface area contributed by atoms with E-state index in [0.29, 0.717) is 18.5 Å². The normalized spacial score (nSPS) is 12.9. The highest BCUT2D eigenvalue weighted by atomic mass is 35.5. The molecule has 0 bridgehead atoms. The molecular weight excluding hydrogens is 347 g/mol. The van der Waals surface area contributed by atoms with E-state index in [-0.39, 0.29) is 35.6 Å². The fourth-order valence-corrected chi connectivity index (χ4v) is 3.30. The number of fused-ring (bicyclic) bond motifs is 1. The second kappa shape index (κ2) is 8.51. The highest BCUT2D eigenvalue weighted by molar-refractivity contribution is 8.00. The van der Waals surface area contributed by atoms with Crippen LogP contribution in [0.4, 0.5) is 10.1 Å². The number of carbonyl (C=O) groups excluding carboxylic acids is 1. The Morgan fingerprint density at radius 2 is 2.00 bits per heavy atom. The third-order valence-corrected chi connectivity index (χ3v) is 4.88. The van der Waals surface area contributed by atoms with E-state index in [9.17, 15) is 9.18 Å². The van der Waals surface area contributed by atoms with Crippen molar-refractivity contribution in [2.24, 2.45) is 0 Å². The maximum absolute atomic E-state index is 14.5. The van der Waals surface area contributed by atoms with Gasteiger partial charge in [-0.25, -0.2) is 4.39 Å². The third kappa shape index (κ3) is 4.50. The number of hydrogen-bond donors (Lipinski definition) is 2. The van der Waals surface area contributed by atoms with Crippen molar-refractivity contribution in [2.75, 3.05) is 17.6 Å². The topological polar surface area (TPSA) is 41.1 Å². The Balaban J connectivity index is 0.00000208. The van der Waals surface area contributed by atoms with Crippen LogP contribution in [0.1, 0.15) is 16.7 Å². The van der Waals surface area contributed by atoms with Crippen LogP contribution < -0.4 is 10.6 Å². The molecule has 128 valence electrons. The molecule has 1 amide bonds. The summed E-state index contributed by atoms with van der Waals surface area (Å²) in [6.07, 6.45) is 0.656. The van der Waals surface area contributed by atoms with Crippen molar-refractivity contribution in [2.45, 2.75) is 24.8 Å². The lowest BCUT2D eigenvalue weighted by Crippen LogP contribution is -2.25. The van der Waals surface area contributed by atoms with Crippen molar-refractivity contribution in [3.8, 4) is 0 Å². The Morgan fingerprint density at radius 1 is 1.25 bits per heavy atom. The summed E-state index contributed by atoms with van der Waals surface area (Å²) in [7, 11) is 0. The Labute approximate surface area is 151 Å². The standard InChI is InChI=1S/C18H19FN2OS.ClH/c1-12-2-5-14(6-3-12)23-11-17(22)21-16-7-4-13-10-20-9-8-15(13)18(16)19;/h2-7,20H,8-11H2,1H3,(H,21,22);1H. The van der Waals surface area contributed by atoms with Gasteiger partial charge in [-0.05, 0) is 49.2 Å². The van der Waals surface area contributed by atoms with Gasteiger partial charge in [0.15, 0.2) is 0 Å². The van der Waals surface area contributed by atoms with Crippen LogP contribution in [0, 0.1) is 12.7 Å². The van der Waals surface area contributed by atoms with Gasteiger partial charge in [-0.3, -0.25) is 4.79 Å². The summed E-state index contributed by atoms with van der Waals surface area (Å²) in [6.45, 7) is 3.48. The van der Waals surface area contributed by atoms with Gasteiger partial charge in [0.2, 0.25) is 5.91 Å². The number of benzene rings is 2. The van der Waals surface area contributed by atoms with E-state index in [1.807, 2.05) is 37.3 Å². The van der Waals surface area contributed by atoms with Gasteiger partial charge < -0.3 is 10.6 Å². The molecule has 0 unspecified atom stereocenters. The molecule has 2 aromatic carbocycles. The number of thioether (sulfide) groups is 1. The fourth-order valence-electron chi connectivity index (χ4n) is 2.60. The third-order valence-electron chi connectivity index (χ3n) is 3.87. The number of nitrogens with one attached hydrogen (secondary N) is 2. The summed E-state index contributed by atoms with van der Waals surface area (Å²) < 4.78 is 14.5. The molecule has 0 saturated carbocycles. The van der Waals surface area contributed by atoms with Gasteiger partial charge in [0.25, 0.3) is 0 Å². The van der Waals surface area contributed by atoms with Crippen LogP contribution in [-0.4, -0.2) is 18.2 Å². The Kier molecular flexibility index (Phi) is 6.66.